The van der Waals surface area contributed by atoms with Gasteiger partial charge in [0.05, 0.1) is 16.2 Å². The van der Waals surface area contributed by atoms with Gasteiger partial charge < -0.3 is 16.0 Å². The number of pyridine rings is 1. The molecule has 3 aromatic rings. The molecular formula is C24H28N4O2S. The van der Waals surface area contributed by atoms with E-state index in [0.717, 1.165) is 47.4 Å². The van der Waals surface area contributed by atoms with Gasteiger partial charge in [-0.05, 0) is 49.9 Å². The predicted molar refractivity (Wildman–Crippen MR) is 125 cm³/mol. The first-order valence-electron chi connectivity index (χ1n) is 10.8. The SMILES string of the molecule is Cc1ccc2nc(N3CCS(=O)(=O)c4ccccc4C3)cc(NCC3(N)CCC3)c2c1. The van der Waals surface area contributed by atoms with E-state index in [0.29, 0.717) is 18.0 Å². The molecule has 31 heavy (non-hydrogen) atoms. The van der Waals surface area contributed by atoms with E-state index in [4.69, 9.17) is 10.7 Å². The molecule has 7 heteroatoms. The fourth-order valence-electron chi connectivity index (χ4n) is 4.47. The maximum absolute atomic E-state index is 12.8. The third-order valence-electron chi connectivity index (χ3n) is 6.55. The van der Waals surface area contributed by atoms with Crippen molar-refractivity contribution in [1.82, 2.24) is 4.98 Å². The first-order chi connectivity index (χ1) is 14.8. The summed E-state index contributed by atoms with van der Waals surface area (Å²) >= 11 is 0. The molecule has 0 amide bonds. The minimum absolute atomic E-state index is 0.0757. The molecule has 1 aliphatic carbocycles. The molecule has 2 aromatic carbocycles. The zero-order valence-corrected chi connectivity index (χ0v) is 18.6. The van der Waals surface area contributed by atoms with Crippen molar-refractivity contribution in [1.29, 1.82) is 0 Å². The summed E-state index contributed by atoms with van der Waals surface area (Å²) in [5.74, 6) is 0.859. The van der Waals surface area contributed by atoms with Crippen LogP contribution >= 0.6 is 0 Å². The summed E-state index contributed by atoms with van der Waals surface area (Å²) in [5, 5.41) is 4.64. The number of fused-ring (bicyclic) bond motifs is 2. The van der Waals surface area contributed by atoms with Gasteiger partial charge in [-0.2, -0.15) is 0 Å². The van der Waals surface area contributed by atoms with Gasteiger partial charge in [-0.1, -0.05) is 29.8 Å². The molecule has 1 aliphatic heterocycles. The van der Waals surface area contributed by atoms with Crippen molar-refractivity contribution in [3.05, 3.63) is 59.7 Å². The Kier molecular flexibility index (Phi) is 4.90. The molecule has 0 saturated heterocycles. The number of nitrogens with two attached hydrogens (primary N) is 1. The molecule has 1 aromatic heterocycles. The van der Waals surface area contributed by atoms with Gasteiger partial charge in [-0.25, -0.2) is 13.4 Å². The van der Waals surface area contributed by atoms with Crippen LogP contribution in [0, 0.1) is 6.92 Å². The van der Waals surface area contributed by atoms with Crippen molar-refractivity contribution in [3.8, 4) is 0 Å². The fraction of sp³-hybridized carbons (Fsp3) is 0.375. The molecule has 5 rings (SSSR count). The summed E-state index contributed by atoms with van der Waals surface area (Å²) in [5.41, 5.74) is 10.2. The summed E-state index contributed by atoms with van der Waals surface area (Å²) < 4.78 is 25.5. The monoisotopic (exact) mass is 436 g/mol. The van der Waals surface area contributed by atoms with E-state index in [9.17, 15) is 8.42 Å². The van der Waals surface area contributed by atoms with Crippen LogP contribution in [-0.4, -0.2) is 37.8 Å². The van der Waals surface area contributed by atoms with Crippen molar-refractivity contribution in [3.63, 3.8) is 0 Å². The Morgan fingerprint density at radius 3 is 2.74 bits per heavy atom. The topological polar surface area (TPSA) is 88.3 Å². The number of anilines is 2. The number of sulfone groups is 1. The normalized spacial score (nSPS) is 19.4. The number of hydrogen-bond donors (Lipinski definition) is 2. The summed E-state index contributed by atoms with van der Waals surface area (Å²) in [6, 6.07) is 15.5. The lowest BCUT2D eigenvalue weighted by molar-refractivity contribution is 0.265. The zero-order chi connectivity index (χ0) is 21.6. The van der Waals surface area contributed by atoms with Crippen molar-refractivity contribution in [2.45, 2.75) is 43.2 Å². The van der Waals surface area contributed by atoms with Gasteiger partial charge in [0.1, 0.15) is 5.82 Å². The number of nitrogens with one attached hydrogen (secondary N) is 1. The lowest BCUT2D eigenvalue weighted by Gasteiger charge is -2.38. The number of aryl methyl sites for hydroxylation is 1. The Balaban J connectivity index is 1.54. The number of nitrogens with zero attached hydrogens (tertiary/aromatic N) is 2. The molecule has 2 heterocycles. The average molecular weight is 437 g/mol. The van der Waals surface area contributed by atoms with Crippen LogP contribution in [0.4, 0.5) is 11.5 Å². The Hall–Kier alpha value is -2.64. The molecule has 0 atom stereocenters. The summed E-state index contributed by atoms with van der Waals surface area (Å²) in [6.07, 6.45) is 3.26. The Morgan fingerprint density at radius 1 is 1.16 bits per heavy atom. The van der Waals surface area contributed by atoms with Crippen molar-refractivity contribution < 1.29 is 8.42 Å². The van der Waals surface area contributed by atoms with Gasteiger partial charge in [0.2, 0.25) is 0 Å². The number of aromatic nitrogens is 1. The van der Waals surface area contributed by atoms with E-state index < -0.39 is 9.84 Å². The van der Waals surface area contributed by atoms with Gasteiger partial charge in [0.15, 0.2) is 9.84 Å². The van der Waals surface area contributed by atoms with Crippen molar-refractivity contribution >= 4 is 32.2 Å². The Labute approximate surface area is 183 Å². The quantitative estimate of drug-likeness (QED) is 0.649. The van der Waals surface area contributed by atoms with E-state index in [1.807, 2.05) is 24.3 Å². The second kappa shape index (κ2) is 7.50. The van der Waals surface area contributed by atoms with Crippen LogP contribution in [0.3, 0.4) is 0 Å². The van der Waals surface area contributed by atoms with Crippen LogP contribution in [0.5, 0.6) is 0 Å². The third-order valence-corrected chi connectivity index (χ3v) is 8.34. The smallest absolute Gasteiger partial charge is 0.180 e. The lowest BCUT2D eigenvalue weighted by Crippen LogP contribution is -2.52. The van der Waals surface area contributed by atoms with Gasteiger partial charge in [-0.3, -0.25) is 0 Å². The third kappa shape index (κ3) is 3.88. The Bertz CT molecular complexity index is 1250. The van der Waals surface area contributed by atoms with Crippen LogP contribution in [0.15, 0.2) is 53.4 Å². The Morgan fingerprint density at radius 2 is 1.97 bits per heavy atom. The minimum Gasteiger partial charge on any atom is -0.383 e. The molecule has 1 fully saturated rings. The molecule has 0 unspecified atom stereocenters. The summed E-state index contributed by atoms with van der Waals surface area (Å²) in [6.45, 7) is 3.71. The minimum atomic E-state index is -3.30. The first kappa shape index (κ1) is 20.3. The van der Waals surface area contributed by atoms with Crippen LogP contribution < -0.4 is 16.0 Å². The second-order valence-corrected chi connectivity index (χ2v) is 11.0. The maximum Gasteiger partial charge on any atom is 0.180 e. The standard InChI is InChI=1S/C24H28N4O2S/c1-17-7-8-20-19(13-17)21(26-16-24(25)9-4-10-24)14-23(27-20)28-11-12-31(29,30)22-6-3-2-5-18(22)15-28/h2-3,5-8,13-14H,4,9-12,15-16,25H2,1H3,(H,26,27). The molecule has 0 bridgehead atoms. The van der Waals surface area contributed by atoms with E-state index in [1.165, 1.54) is 12.0 Å². The lowest BCUT2D eigenvalue weighted by atomic mass is 9.78. The highest BCUT2D eigenvalue weighted by Gasteiger charge is 2.32. The van der Waals surface area contributed by atoms with Gasteiger partial charge >= 0.3 is 0 Å². The fourth-order valence-corrected chi connectivity index (χ4v) is 5.97. The summed E-state index contributed by atoms with van der Waals surface area (Å²) in [7, 11) is -3.30. The predicted octanol–water partition coefficient (Wildman–Crippen LogP) is 3.63. The molecule has 162 valence electrons. The molecule has 0 spiro atoms. The number of hydrogen-bond acceptors (Lipinski definition) is 6. The molecule has 3 N–H and O–H groups in total. The molecule has 2 aliphatic rings. The number of rotatable bonds is 4. The molecule has 6 nitrogen and oxygen atoms in total. The average Bonchev–Trinajstić information content (AvgIpc) is 2.87. The van der Waals surface area contributed by atoms with Gasteiger partial charge in [-0.15, -0.1) is 0 Å². The highest BCUT2D eigenvalue weighted by molar-refractivity contribution is 7.91. The van der Waals surface area contributed by atoms with Crippen LogP contribution in [0.2, 0.25) is 0 Å². The van der Waals surface area contributed by atoms with Gasteiger partial charge in [0, 0.05) is 42.3 Å². The summed E-state index contributed by atoms with van der Waals surface area (Å²) in [4.78, 5) is 7.40. The second-order valence-electron chi connectivity index (χ2n) is 8.97. The highest BCUT2D eigenvalue weighted by atomic mass is 32.2. The van der Waals surface area contributed by atoms with E-state index in [-0.39, 0.29) is 11.3 Å². The zero-order valence-electron chi connectivity index (χ0n) is 17.8. The molecule has 0 radical (unpaired) electrons. The maximum atomic E-state index is 12.8. The highest BCUT2D eigenvalue weighted by Crippen LogP contribution is 2.33. The van der Waals surface area contributed by atoms with E-state index in [2.05, 4.69) is 29.3 Å². The van der Waals surface area contributed by atoms with Crippen LogP contribution in [0.1, 0.15) is 30.4 Å². The molecule has 1 saturated carbocycles. The van der Waals surface area contributed by atoms with Crippen LogP contribution in [-0.2, 0) is 16.4 Å². The van der Waals surface area contributed by atoms with E-state index >= 15 is 0 Å². The van der Waals surface area contributed by atoms with Crippen LogP contribution in [0.25, 0.3) is 10.9 Å². The van der Waals surface area contributed by atoms with E-state index in [1.54, 1.807) is 12.1 Å². The largest absolute Gasteiger partial charge is 0.383 e. The van der Waals surface area contributed by atoms with Gasteiger partial charge in [0.25, 0.3) is 0 Å². The van der Waals surface area contributed by atoms with Crippen molar-refractivity contribution in [2.24, 2.45) is 5.73 Å². The molecular weight excluding hydrogens is 408 g/mol. The van der Waals surface area contributed by atoms with Crippen molar-refractivity contribution in [2.75, 3.05) is 29.1 Å². The number of benzene rings is 2. The first-order valence-corrected chi connectivity index (χ1v) is 12.5.